The molecule has 5 heteroatoms. The minimum absolute atomic E-state index is 0.0278. The van der Waals surface area contributed by atoms with Crippen molar-refractivity contribution in [3.63, 3.8) is 0 Å². The molecule has 1 atom stereocenters. The summed E-state index contributed by atoms with van der Waals surface area (Å²) in [6.07, 6.45) is -1.16. The molecule has 0 aromatic rings. The van der Waals surface area contributed by atoms with E-state index in [0.29, 0.717) is 6.42 Å². The molecule has 11 heavy (non-hydrogen) atoms. The molecule has 66 valence electrons. The quantitative estimate of drug-likeness (QED) is 0.488. The van der Waals surface area contributed by atoms with Gasteiger partial charge in [0.2, 0.25) is 0 Å². The number of carbonyl (C=O) groups excluding carboxylic acids is 1. The lowest BCUT2D eigenvalue weighted by Gasteiger charge is -2.02. The summed E-state index contributed by atoms with van der Waals surface area (Å²) in [6, 6.07) is 0. The second-order valence-electron chi connectivity index (χ2n) is 2.09. The van der Waals surface area contributed by atoms with Crippen LogP contribution in [-0.2, 0) is 9.63 Å². The standard InChI is InChI=1S/C6H11F2NO2/c7-4-2-1-3-5(8)6(10)11-9/h5H,1-4,9H2. The summed E-state index contributed by atoms with van der Waals surface area (Å²) in [5.41, 5.74) is 0. The third kappa shape index (κ3) is 4.66. The SMILES string of the molecule is NOC(=O)C(F)CCCCF. The van der Waals surface area contributed by atoms with Gasteiger partial charge in [-0.25, -0.2) is 9.18 Å². The van der Waals surface area contributed by atoms with Gasteiger partial charge in [0, 0.05) is 0 Å². The van der Waals surface area contributed by atoms with Crippen molar-refractivity contribution in [3.05, 3.63) is 0 Å². The molecule has 0 radical (unpaired) electrons. The van der Waals surface area contributed by atoms with Crippen molar-refractivity contribution in [1.82, 2.24) is 0 Å². The van der Waals surface area contributed by atoms with E-state index in [-0.39, 0.29) is 12.8 Å². The van der Waals surface area contributed by atoms with Crippen LogP contribution in [0.3, 0.4) is 0 Å². The Bertz CT molecular complexity index is 121. The highest BCUT2D eigenvalue weighted by atomic mass is 19.1. The Morgan fingerprint density at radius 3 is 2.64 bits per heavy atom. The Hall–Kier alpha value is -0.710. The van der Waals surface area contributed by atoms with Crippen molar-refractivity contribution >= 4 is 5.97 Å². The Labute approximate surface area is 63.5 Å². The van der Waals surface area contributed by atoms with Gasteiger partial charge in [0.15, 0.2) is 6.17 Å². The van der Waals surface area contributed by atoms with Crippen molar-refractivity contribution in [2.75, 3.05) is 6.67 Å². The summed E-state index contributed by atoms with van der Waals surface area (Å²) < 4.78 is 23.9. The summed E-state index contributed by atoms with van der Waals surface area (Å²) in [7, 11) is 0. The molecule has 0 spiro atoms. The van der Waals surface area contributed by atoms with Gasteiger partial charge in [-0.2, -0.15) is 5.90 Å². The molecule has 0 aliphatic heterocycles. The zero-order valence-corrected chi connectivity index (χ0v) is 6.06. The van der Waals surface area contributed by atoms with E-state index in [9.17, 15) is 13.6 Å². The lowest BCUT2D eigenvalue weighted by atomic mass is 10.2. The van der Waals surface area contributed by atoms with Crippen molar-refractivity contribution in [2.24, 2.45) is 5.90 Å². The number of halogens is 2. The maximum Gasteiger partial charge on any atom is 0.359 e. The molecule has 0 heterocycles. The first-order valence-electron chi connectivity index (χ1n) is 3.33. The fourth-order valence-corrected chi connectivity index (χ4v) is 0.610. The number of alkyl halides is 2. The topological polar surface area (TPSA) is 52.3 Å². The van der Waals surface area contributed by atoms with Gasteiger partial charge in [-0.15, -0.1) is 0 Å². The molecule has 0 aliphatic carbocycles. The summed E-state index contributed by atoms with van der Waals surface area (Å²) in [5, 5.41) is 0. The first-order valence-corrected chi connectivity index (χ1v) is 3.33. The average molecular weight is 167 g/mol. The molecule has 0 rings (SSSR count). The number of nitrogens with two attached hydrogens (primary N) is 1. The van der Waals surface area contributed by atoms with E-state index in [4.69, 9.17) is 0 Å². The minimum atomic E-state index is -1.72. The third-order valence-electron chi connectivity index (χ3n) is 1.21. The highest BCUT2D eigenvalue weighted by Gasteiger charge is 2.17. The highest BCUT2D eigenvalue weighted by molar-refractivity contribution is 5.73. The molecule has 0 aliphatic rings. The first kappa shape index (κ1) is 10.3. The van der Waals surface area contributed by atoms with Crippen LogP contribution in [0.4, 0.5) is 8.78 Å². The molecule has 0 fully saturated rings. The maximum absolute atomic E-state index is 12.4. The number of unbranched alkanes of at least 4 members (excludes halogenated alkanes) is 1. The Morgan fingerprint density at radius 2 is 2.18 bits per heavy atom. The van der Waals surface area contributed by atoms with E-state index in [2.05, 4.69) is 10.7 Å². The van der Waals surface area contributed by atoms with Gasteiger partial charge in [0.25, 0.3) is 0 Å². The molecule has 0 amide bonds. The second-order valence-corrected chi connectivity index (χ2v) is 2.09. The fourth-order valence-electron chi connectivity index (χ4n) is 0.610. The molecule has 0 saturated heterocycles. The summed E-state index contributed by atoms with van der Waals surface area (Å²) >= 11 is 0. The van der Waals surface area contributed by atoms with E-state index >= 15 is 0 Å². The van der Waals surface area contributed by atoms with Crippen LogP contribution in [0.5, 0.6) is 0 Å². The summed E-state index contributed by atoms with van der Waals surface area (Å²) in [6.45, 7) is -0.496. The number of hydrogen-bond donors (Lipinski definition) is 1. The third-order valence-corrected chi connectivity index (χ3v) is 1.21. The maximum atomic E-state index is 12.4. The molecular weight excluding hydrogens is 156 g/mol. The van der Waals surface area contributed by atoms with E-state index < -0.39 is 18.8 Å². The number of carbonyl (C=O) groups is 1. The Kier molecular flexibility index (Phi) is 5.64. The molecule has 0 aromatic heterocycles. The van der Waals surface area contributed by atoms with Gasteiger partial charge >= 0.3 is 5.97 Å². The van der Waals surface area contributed by atoms with Gasteiger partial charge in [0.1, 0.15) is 0 Å². The Morgan fingerprint density at radius 1 is 1.55 bits per heavy atom. The predicted octanol–water partition coefficient (Wildman–Crippen LogP) is 0.881. The van der Waals surface area contributed by atoms with Crippen molar-refractivity contribution in [1.29, 1.82) is 0 Å². The molecule has 1 unspecified atom stereocenters. The van der Waals surface area contributed by atoms with E-state index in [1.54, 1.807) is 0 Å². The lowest BCUT2D eigenvalue weighted by molar-refractivity contribution is -0.150. The zero-order chi connectivity index (χ0) is 8.69. The van der Waals surface area contributed by atoms with Crippen LogP contribution < -0.4 is 5.90 Å². The molecule has 0 bridgehead atoms. The predicted molar refractivity (Wildman–Crippen MR) is 35.0 cm³/mol. The fraction of sp³-hybridized carbons (Fsp3) is 0.833. The van der Waals surface area contributed by atoms with Crippen LogP contribution in [0.25, 0.3) is 0 Å². The molecule has 2 N–H and O–H groups in total. The molecule has 3 nitrogen and oxygen atoms in total. The van der Waals surface area contributed by atoms with Gasteiger partial charge in [-0.3, -0.25) is 4.39 Å². The van der Waals surface area contributed by atoms with Gasteiger partial charge in [-0.1, -0.05) is 0 Å². The van der Waals surface area contributed by atoms with Gasteiger partial charge < -0.3 is 4.84 Å². The lowest BCUT2D eigenvalue weighted by Crippen LogP contribution is -2.21. The highest BCUT2D eigenvalue weighted by Crippen LogP contribution is 2.05. The van der Waals surface area contributed by atoms with Crippen LogP contribution in [0.2, 0.25) is 0 Å². The van der Waals surface area contributed by atoms with Crippen molar-refractivity contribution < 1.29 is 18.4 Å². The van der Waals surface area contributed by atoms with Crippen LogP contribution in [0.1, 0.15) is 19.3 Å². The van der Waals surface area contributed by atoms with Crippen molar-refractivity contribution in [2.45, 2.75) is 25.4 Å². The monoisotopic (exact) mass is 167 g/mol. The zero-order valence-electron chi connectivity index (χ0n) is 6.06. The van der Waals surface area contributed by atoms with Gasteiger partial charge in [0.05, 0.1) is 6.67 Å². The van der Waals surface area contributed by atoms with Crippen molar-refractivity contribution in [3.8, 4) is 0 Å². The van der Waals surface area contributed by atoms with Crippen LogP contribution in [0, 0.1) is 0 Å². The Balaban J connectivity index is 3.36. The summed E-state index contributed by atoms with van der Waals surface area (Å²) in [5.74, 6) is 3.32. The molecule has 0 aromatic carbocycles. The van der Waals surface area contributed by atoms with E-state index in [0.717, 1.165) is 0 Å². The smallest absolute Gasteiger partial charge is 0.359 e. The normalized spacial score (nSPS) is 12.6. The summed E-state index contributed by atoms with van der Waals surface area (Å²) in [4.78, 5) is 13.9. The van der Waals surface area contributed by atoms with Crippen LogP contribution in [-0.4, -0.2) is 18.8 Å². The number of rotatable bonds is 5. The average Bonchev–Trinajstić information content (AvgIpc) is 2.03. The molecule has 0 saturated carbocycles. The largest absolute Gasteiger partial charge is 0.371 e. The first-order chi connectivity index (χ1) is 5.22. The van der Waals surface area contributed by atoms with Gasteiger partial charge in [-0.05, 0) is 19.3 Å². The molecular formula is C6H11F2NO2. The minimum Gasteiger partial charge on any atom is -0.371 e. The number of hydrogen-bond acceptors (Lipinski definition) is 3. The van der Waals surface area contributed by atoms with E-state index in [1.807, 2.05) is 0 Å². The van der Waals surface area contributed by atoms with E-state index in [1.165, 1.54) is 0 Å². The van der Waals surface area contributed by atoms with Crippen LogP contribution in [0.15, 0.2) is 0 Å². The second kappa shape index (κ2) is 6.03. The van der Waals surface area contributed by atoms with Crippen LogP contribution >= 0.6 is 0 Å².